The molecule has 164 valence electrons. The van der Waals surface area contributed by atoms with E-state index in [1.54, 1.807) is 23.7 Å². The van der Waals surface area contributed by atoms with E-state index in [4.69, 9.17) is 4.74 Å². The third kappa shape index (κ3) is 3.76. The summed E-state index contributed by atoms with van der Waals surface area (Å²) in [6.45, 7) is 1.72. The van der Waals surface area contributed by atoms with Crippen LogP contribution >= 0.6 is 0 Å². The Labute approximate surface area is 183 Å². The van der Waals surface area contributed by atoms with Gasteiger partial charge in [-0.3, -0.25) is 14.2 Å². The summed E-state index contributed by atoms with van der Waals surface area (Å²) < 4.78 is 22.6. The van der Waals surface area contributed by atoms with Gasteiger partial charge < -0.3 is 14.1 Å². The SMILES string of the molecule is CC(OCC(=O)CC=O)c1ccc2c(c1)c1cc(-c3ccc(F)cc3)c(=O)n(C)c1n2C. The van der Waals surface area contributed by atoms with Crippen molar-refractivity contribution in [2.24, 2.45) is 14.1 Å². The van der Waals surface area contributed by atoms with Crippen molar-refractivity contribution in [1.82, 2.24) is 9.13 Å². The fourth-order valence-electron chi connectivity index (χ4n) is 4.06. The van der Waals surface area contributed by atoms with Crippen molar-refractivity contribution < 1.29 is 18.7 Å². The first kappa shape index (κ1) is 21.6. The number of Topliss-reactive ketones (excluding diaryl/α,β-unsaturated/α-hetero) is 1. The van der Waals surface area contributed by atoms with Crippen LogP contribution in [0.2, 0.25) is 0 Å². The van der Waals surface area contributed by atoms with Crippen LogP contribution in [0.3, 0.4) is 0 Å². The number of fused-ring (bicyclic) bond motifs is 3. The largest absolute Gasteiger partial charge is 0.366 e. The number of aryl methyl sites for hydroxylation is 2. The van der Waals surface area contributed by atoms with E-state index >= 15 is 0 Å². The molecule has 0 saturated heterocycles. The Bertz CT molecular complexity index is 1400. The van der Waals surface area contributed by atoms with E-state index in [0.29, 0.717) is 17.4 Å². The van der Waals surface area contributed by atoms with E-state index in [0.717, 1.165) is 27.5 Å². The smallest absolute Gasteiger partial charge is 0.259 e. The Morgan fingerprint density at radius 1 is 1.06 bits per heavy atom. The highest BCUT2D eigenvalue weighted by Crippen LogP contribution is 2.32. The molecule has 0 radical (unpaired) electrons. The molecule has 0 bridgehead atoms. The number of ether oxygens (including phenoxy) is 1. The lowest BCUT2D eigenvalue weighted by Gasteiger charge is -2.13. The second-order valence-corrected chi connectivity index (χ2v) is 7.86. The molecular formula is C25H23FN2O4. The highest BCUT2D eigenvalue weighted by Gasteiger charge is 2.18. The van der Waals surface area contributed by atoms with Crippen molar-refractivity contribution in [2.75, 3.05) is 6.61 Å². The summed E-state index contributed by atoms with van der Waals surface area (Å²) in [7, 11) is 3.63. The van der Waals surface area contributed by atoms with Crippen LogP contribution in [0.1, 0.15) is 25.0 Å². The van der Waals surface area contributed by atoms with E-state index in [2.05, 4.69) is 0 Å². The number of pyridine rings is 1. The van der Waals surface area contributed by atoms with Crippen LogP contribution in [0.4, 0.5) is 4.39 Å². The number of nitrogens with zero attached hydrogens (tertiary/aromatic N) is 2. The number of hydrogen-bond acceptors (Lipinski definition) is 4. The number of halogens is 1. The summed E-state index contributed by atoms with van der Waals surface area (Å²) in [5.74, 6) is -0.626. The molecule has 4 rings (SSSR count). The summed E-state index contributed by atoms with van der Waals surface area (Å²) in [5, 5.41) is 1.82. The van der Waals surface area contributed by atoms with Crippen LogP contribution < -0.4 is 5.56 Å². The first-order valence-corrected chi connectivity index (χ1v) is 10.3. The number of ketones is 1. The van der Waals surface area contributed by atoms with Crippen LogP contribution in [0.15, 0.2) is 53.3 Å². The maximum absolute atomic E-state index is 13.4. The van der Waals surface area contributed by atoms with Crippen molar-refractivity contribution in [3.05, 3.63) is 70.3 Å². The van der Waals surface area contributed by atoms with Crippen molar-refractivity contribution >= 4 is 34.0 Å². The van der Waals surface area contributed by atoms with Crippen molar-refractivity contribution in [3.8, 4) is 11.1 Å². The third-order valence-corrected chi connectivity index (χ3v) is 5.80. The van der Waals surface area contributed by atoms with E-state index < -0.39 is 0 Å². The van der Waals surface area contributed by atoms with E-state index in [1.165, 1.54) is 12.1 Å². The Balaban J connectivity index is 1.84. The average Bonchev–Trinajstić information content (AvgIpc) is 3.06. The summed E-state index contributed by atoms with van der Waals surface area (Å²) in [6, 6.07) is 13.6. The summed E-state index contributed by atoms with van der Waals surface area (Å²) in [4.78, 5) is 35.2. The molecule has 0 saturated carbocycles. The molecule has 2 heterocycles. The number of aromatic nitrogens is 2. The fraction of sp³-hybridized carbons (Fsp3) is 0.240. The third-order valence-electron chi connectivity index (χ3n) is 5.80. The number of rotatable bonds is 7. The lowest BCUT2D eigenvalue weighted by atomic mass is 10.0. The van der Waals surface area contributed by atoms with Gasteiger partial charge >= 0.3 is 0 Å². The molecule has 0 fully saturated rings. The van der Waals surface area contributed by atoms with Crippen LogP contribution in [0.25, 0.3) is 33.1 Å². The highest BCUT2D eigenvalue weighted by atomic mass is 19.1. The molecule has 32 heavy (non-hydrogen) atoms. The minimum absolute atomic E-state index is 0.128. The minimum atomic E-state index is -0.359. The van der Waals surface area contributed by atoms with Crippen LogP contribution in [0.5, 0.6) is 0 Å². The molecule has 0 aliphatic heterocycles. The van der Waals surface area contributed by atoms with Crippen LogP contribution in [-0.2, 0) is 28.4 Å². The van der Waals surface area contributed by atoms with Gasteiger partial charge in [0.15, 0.2) is 5.78 Å². The van der Waals surface area contributed by atoms with Gasteiger partial charge in [0.25, 0.3) is 5.56 Å². The predicted octanol–water partition coefficient (Wildman–Crippen LogP) is 4.07. The highest BCUT2D eigenvalue weighted by molar-refractivity contribution is 6.08. The second kappa shape index (κ2) is 8.51. The molecule has 0 aliphatic carbocycles. The number of carbonyl (C=O) groups is 2. The normalized spacial score (nSPS) is 12.4. The lowest BCUT2D eigenvalue weighted by molar-refractivity contribution is -0.127. The van der Waals surface area contributed by atoms with Gasteiger partial charge in [0.1, 0.15) is 24.4 Å². The first-order chi connectivity index (χ1) is 15.3. The van der Waals surface area contributed by atoms with Crippen LogP contribution in [-0.4, -0.2) is 27.8 Å². The number of benzene rings is 2. The maximum atomic E-state index is 13.4. The van der Waals surface area contributed by atoms with Gasteiger partial charge in [-0.2, -0.15) is 0 Å². The minimum Gasteiger partial charge on any atom is -0.366 e. The fourth-order valence-corrected chi connectivity index (χ4v) is 4.06. The van der Waals surface area contributed by atoms with Gasteiger partial charge in [0, 0.05) is 30.4 Å². The summed E-state index contributed by atoms with van der Waals surface area (Å²) in [5.41, 5.74) is 3.55. The zero-order valence-corrected chi connectivity index (χ0v) is 18.1. The molecule has 1 atom stereocenters. The predicted molar refractivity (Wildman–Crippen MR) is 121 cm³/mol. The zero-order valence-electron chi connectivity index (χ0n) is 18.1. The standard InChI is InChI=1S/C25H23FN2O4/c1-15(32-14-19(30)10-11-29)17-6-9-23-21(12-17)22-13-20(16-4-7-18(26)8-5-16)25(31)28(3)24(22)27(23)2/h4-9,11-13,15H,10,14H2,1-3H3. The number of aldehydes is 1. The van der Waals surface area contributed by atoms with Gasteiger partial charge in [-0.05, 0) is 48.4 Å². The van der Waals surface area contributed by atoms with Gasteiger partial charge in [-0.15, -0.1) is 0 Å². The second-order valence-electron chi connectivity index (χ2n) is 7.86. The molecule has 0 aliphatic rings. The zero-order chi connectivity index (χ0) is 23.0. The number of hydrogen-bond donors (Lipinski definition) is 0. The van der Waals surface area contributed by atoms with Gasteiger partial charge in [-0.1, -0.05) is 18.2 Å². The van der Waals surface area contributed by atoms with Crippen molar-refractivity contribution in [2.45, 2.75) is 19.4 Å². The number of carbonyl (C=O) groups excluding carboxylic acids is 2. The topological polar surface area (TPSA) is 70.3 Å². The molecule has 2 aromatic carbocycles. The van der Waals surface area contributed by atoms with Gasteiger partial charge in [0.2, 0.25) is 0 Å². The summed E-state index contributed by atoms with van der Waals surface area (Å²) in [6.07, 6.45) is 0.0610. The quantitative estimate of drug-likeness (QED) is 0.325. The Morgan fingerprint density at radius 2 is 1.78 bits per heavy atom. The molecule has 0 spiro atoms. The average molecular weight is 434 g/mol. The first-order valence-electron chi connectivity index (χ1n) is 10.3. The van der Waals surface area contributed by atoms with E-state index in [-0.39, 0.29) is 36.3 Å². The lowest BCUT2D eigenvalue weighted by Crippen LogP contribution is -2.20. The molecule has 4 aromatic rings. The van der Waals surface area contributed by atoms with Crippen molar-refractivity contribution in [1.29, 1.82) is 0 Å². The van der Waals surface area contributed by atoms with Gasteiger partial charge in [-0.25, -0.2) is 4.39 Å². The van der Waals surface area contributed by atoms with Crippen LogP contribution in [0, 0.1) is 5.82 Å². The molecule has 2 aromatic heterocycles. The molecular weight excluding hydrogens is 411 g/mol. The maximum Gasteiger partial charge on any atom is 0.259 e. The van der Waals surface area contributed by atoms with E-state index in [9.17, 15) is 18.8 Å². The molecule has 0 amide bonds. The van der Waals surface area contributed by atoms with E-state index in [1.807, 2.05) is 42.8 Å². The monoisotopic (exact) mass is 434 g/mol. The molecule has 1 unspecified atom stereocenters. The Morgan fingerprint density at radius 3 is 2.47 bits per heavy atom. The van der Waals surface area contributed by atoms with Crippen molar-refractivity contribution in [3.63, 3.8) is 0 Å². The molecule has 0 N–H and O–H groups in total. The Hall–Kier alpha value is -3.58. The summed E-state index contributed by atoms with van der Waals surface area (Å²) >= 11 is 0. The Kier molecular flexibility index (Phi) is 5.76. The molecule has 6 nitrogen and oxygen atoms in total. The molecule has 7 heteroatoms. The van der Waals surface area contributed by atoms with Gasteiger partial charge in [0.05, 0.1) is 18.0 Å².